The first-order chi connectivity index (χ1) is 4.55. The van der Waals surface area contributed by atoms with E-state index in [2.05, 4.69) is 13.8 Å². The standard InChI is InChI=1S/C9H14O/c1-5-6(2)8(4)9(10)7(5)3/h5,7H,1-4H3/t5-,7?/m1/s1. The Bertz CT molecular complexity index is 201. The molecule has 10 heavy (non-hydrogen) atoms. The van der Waals surface area contributed by atoms with Crippen LogP contribution in [-0.2, 0) is 4.79 Å². The van der Waals surface area contributed by atoms with Crippen LogP contribution in [-0.4, -0.2) is 5.78 Å². The highest BCUT2D eigenvalue weighted by Crippen LogP contribution is 2.32. The zero-order valence-electron chi connectivity index (χ0n) is 7.06. The van der Waals surface area contributed by atoms with Gasteiger partial charge >= 0.3 is 0 Å². The van der Waals surface area contributed by atoms with Crippen molar-refractivity contribution < 1.29 is 4.79 Å². The minimum atomic E-state index is 0.222. The van der Waals surface area contributed by atoms with Gasteiger partial charge in [0.15, 0.2) is 5.78 Å². The molecule has 1 rings (SSSR count). The first kappa shape index (κ1) is 7.52. The van der Waals surface area contributed by atoms with E-state index >= 15 is 0 Å². The number of ketones is 1. The molecule has 0 saturated heterocycles. The van der Waals surface area contributed by atoms with E-state index in [1.54, 1.807) is 0 Å². The minimum absolute atomic E-state index is 0.222. The monoisotopic (exact) mass is 138 g/mol. The van der Waals surface area contributed by atoms with Gasteiger partial charge in [-0.25, -0.2) is 0 Å². The van der Waals surface area contributed by atoms with Crippen LogP contribution in [0.4, 0.5) is 0 Å². The Hall–Kier alpha value is -0.590. The predicted molar refractivity (Wildman–Crippen MR) is 41.7 cm³/mol. The summed E-state index contributed by atoms with van der Waals surface area (Å²) in [4.78, 5) is 11.3. The highest BCUT2D eigenvalue weighted by atomic mass is 16.1. The maximum atomic E-state index is 11.3. The summed E-state index contributed by atoms with van der Waals surface area (Å²) in [6, 6.07) is 0. The lowest BCUT2D eigenvalue weighted by molar-refractivity contribution is -0.118. The smallest absolute Gasteiger partial charge is 0.161 e. The van der Waals surface area contributed by atoms with Crippen molar-refractivity contribution in [2.45, 2.75) is 27.7 Å². The van der Waals surface area contributed by atoms with Crippen LogP contribution in [0.2, 0.25) is 0 Å². The summed E-state index contributed by atoms with van der Waals surface area (Å²) in [7, 11) is 0. The average Bonchev–Trinajstić information content (AvgIpc) is 2.07. The molecule has 2 atom stereocenters. The van der Waals surface area contributed by atoms with Crippen LogP contribution in [0.25, 0.3) is 0 Å². The van der Waals surface area contributed by atoms with Crippen molar-refractivity contribution in [3.05, 3.63) is 11.1 Å². The number of hydrogen-bond donors (Lipinski definition) is 0. The molecule has 0 aromatic carbocycles. The number of rotatable bonds is 0. The lowest BCUT2D eigenvalue weighted by atomic mass is 9.95. The highest BCUT2D eigenvalue weighted by Gasteiger charge is 2.30. The van der Waals surface area contributed by atoms with Crippen LogP contribution in [0.1, 0.15) is 27.7 Å². The average molecular weight is 138 g/mol. The highest BCUT2D eigenvalue weighted by molar-refractivity contribution is 6.00. The number of hydrogen-bond acceptors (Lipinski definition) is 1. The molecule has 1 heteroatoms. The van der Waals surface area contributed by atoms with Gasteiger partial charge in [0.1, 0.15) is 0 Å². The zero-order valence-corrected chi connectivity index (χ0v) is 7.06. The summed E-state index contributed by atoms with van der Waals surface area (Å²) in [6.45, 7) is 8.11. The number of carbonyl (C=O) groups excluding carboxylic acids is 1. The topological polar surface area (TPSA) is 17.1 Å². The Balaban J connectivity index is 2.99. The van der Waals surface area contributed by atoms with Gasteiger partial charge in [-0.1, -0.05) is 19.4 Å². The van der Waals surface area contributed by atoms with Gasteiger partial charge in [0.05, 0.1) is 0 Å². The van der Waals surface area contributed by atoms with E-state index < -0.39 is 0 Å². The van der Waals surface area contributed by atoms with Crippen LogP contribution in [0.5, 0.6) is 0 Å². The molecule has 1 unspecified atom stereocenters. The van der Waals surface area contributed by atoms with Gasteiger partial charge in [-0.05, 0) is 25.3 Å². The molecule has 0 aromatic heterocycles. The number of carbonyl (C=O) groups is 1. The molecule has 1 aliphatic rings. The van der Waals surface area contributed by atoms with Crippen molar-refractivity contribution in [1.82, 2.24) is 0 Å². The summed E-state index contributed by atoms with van der Waals surface area (Å²) in [6.07, 6.45) is 0. The molecule has 1 nitrogen and oxygen atoms in total. The fraction of sp³-hybridized carbons (Fsp3) is 0.667. The molecule has 0 bridgehead atoms. The molecule has 0 aromatic rings. The fourth-order valence-electron chi connectivity index (χ4n) is 1.48. The maximum Gasteiger partial charge on any atom is 0.161 e. The Morgan fingerprint density at radius 3 is 1.70 bits per heavy atom. The van der Waals surface area contributed by atoms with Crippen LogP contribution < -0.4 is 0 Å². The number of allylic oxidation sites excluding steroid dienone is 2. The van der Waals surface area contributed by atoms with E-state index in [-0.39, 0.29) is 5.92 Å². The van der Waals surface area contributed by atoms with Gasteiger partial charge < -0.3 is 0 Å². The predicted octanol–water partition coefficient (Wildman–Crippen LogP) is 2.18. The summed E-state index contributed by atoms with van der Waals surface area (Å²) < 4.78 is 0. The van der Waals surface area contributed by atoms with Crippen LogP contribution >= 0.6 is 0 Å². The van der Waals surface area contributed by atoms with Gasteiger partial charge in [-0.3, -0.25) is 4.79 Å². The summed E-state index contributed by atoms with van der Waals surface area (Å²) in [5, 5.41) is 0. The zero-order chi connectivity index (χ0) is 7.89. The molecule has 0 radical (unpaired) electrons. The lowest BCUT2D eigenvalue weighted by Crippen LogP contribution is -2.10. The molecule has 1 aliphatic carbocycles. The van der Waals surface area contributed by atoms with E-state index in [4.69, 9.17) is 0 Å². The quantitative estimate of drug-likeness (QED) is 0.501. The van der Waals surface area contributed by atoms with Crippen molar-refractivity contribution in [3.63, 3.8) is 0 Å². The fourth-order valence-corrected chi connectivity index (χ4v) is 1.48. The maximum absolute atomic E-state index is 11.3. The first-order valence-electron chi connectivity index (χ1n) is 3.77. The molecule has 0 fully saturated rings. The van der Waals surface area contributed by atoms with Gasteiger partial charge in [0, 0.05) is 5.92 Å². The second-order valence-corrected chi connectivity index (χ2v) is 3.25. The van der Waals surface area contributed by atoms with Gasteiger partial charge in [0.25, 0.3) is 0 Å². The van der Waals surface area contributed by atoms with Crippen LogP contribution in [0, 0.1) is 11.8 Å². The van der Waals surface area contributed by atoms with E-state index in [1.807, 2.05) is 13.8 Å². The molecule has 0 saturated carbocycles. The summed E-state index contributed by atoms with van der Waals surface area (Å²) in [5.74, 6) is 1.03. The SMILES string of the molecule is CC1=C(C)[C@@H](C)C(C)C1=O. The van der Waals surface area contributed by atoms with Crippen molar-refractivity contribution in [3.8, 4) is 0 Å². The third kappa shape index (κ3) is 0.808. The van der Waals surface area contributed by atoms with Crippen LogP contribution in [0.3, 0.4) is 0 Å². The summed E-state index contributed by atoms with van der Waals surface area (Å²) >= 11 is 0. The molecule has 0 spiro atoms. The van der Waals surface area contributed by atoms with Crippen molar-refractivity contribution in [2.75, 3.05) is 0 Å². The lowest BCUT2D eigenvalue weighted by Gasteiger charge is -2.08. The largest absolute Gasteiger partial charge is 0.294 e. The second-order valence-electron chi connectivity index (χ2n) is 3.25. The molecule has 0 N–H and O–H groups in total. The van der Waals surface area contributed by atoms with Crippen molar-refractivity contribution >= 4 is 5.78 Å². The Morgan fingerprint density at radius 1 is 1.10 bits per heavy atom. The third-order valence-corrected chi connectivity index (χ3v) is 2.81. The minimum Gasteiger partial charge on any atom is -0.294 e. The van der Waals surface area contributed by atoms with Crippen LogP contribution in [0.15, 0.2) is 11.1 Å². The normalized spacial score (nSPS) is 33.8. The second kappa shape index (κ2) is 2.22. The Kier molecular flexibility index (Phi) is 1.67. The van der Waals surface area contributed by atoms with E-state index in [9.17, 15) is 4.79 Å². The van der Waals surface area contributed by atoms with Gasteiger partial charge in [-0.2, -0.15) is 0 Å². The molecular formula is C9H14O. The molecule has 56 valence electrons. The Morgan fingerprint density at radius 2 is 1.60 bits per heavy atom. The molecule has 0 aliphatic heterocycles. The first-order valence-corrected chi connectivity index (χ1v) is 3.77. The van der Waals surface area contributed by atoms with Gasteiger partial charge in [0.2, 0.25) is 0 Å². The van der Waals surface area contributed by atoms with E-state index in [0.717, 1.165) is 5.57 Å². The van der Waals surface area contributed by atoms with E-state index in [0.29, 0.717) is 11.7 Å². The molecule has 0 heterocycles. The van der Waals surface area contributed by atoms with E-state index in [1.165, 1.54) is 5.57 Å². The van der Waals surface area contributed by atoms with Crippen molar-refractivity contribution in [1.29, 1.82) is 0 Å². The van der Waals surface area contributed by atoms with Crippen molar-refractivity contribution in [2.24, 2.45) is 11.8 Å². The molecular weight excluding hydrogens is 124 g/mol. The van der Waals surface area contributed by atoms with Gasteiger partial charge in [-0.15, -0.1) is 0 Å². The Labute approximate surface area is 62.1 Å². The molecule has 0 amide bonds. The summed E-state index contributed by atoms with van der Waals surface area (Å²) in [5.41, 5.74) is 2.26. The number of Topliss-reactive ketones (excluding diaryl/α,β-unsaturated/α-hetero) is 1. The third-order valence-electron chi connectivity index (χ3n) is 2.81.